The molecule has 3 aliphatic rings. The molecule has 3 heterocycles. The van der Waals surface area contributed by atoms with Crippen LogP contribution in [0.4, 0.5) is 23.2 Å². The highest BCUT2D eigenvalue weighted by Gasteiger charge is 2.37. The van der Waals surface area contributed by atoms with Crippen molar-refractivity contribution in [2.45, 2.75) is 56.9 Å². The van der Waals surface area contributed by atoms with E-state index in [1.807, 2.05) is 18.2 Å². The Balaban J connectivity index is 1.28. The Bertz CT molecular complexity index is 1260. The largest absolute Gasteiger partial charge is 0.419 e. The first kappa shape index (κ1) is 22.8. The normalized spacial score (nSPS) is 19.4. The molecule has 10 heteroatoms. The van der Waals surface area contributed by atoms with Crippen molar-refractivity contribution in [3.8, 4) is 5.69 Å². The number of fused-ring (bicyclic) bond motifs is 3. The van der Waals surface area contributed by atoms with Crippen LogP contribution in [0.15, 0.2) is 36.4 Å². The average molecular weight is 506 g/mol. The molecule has 2 aliphatic heterocycles. The monoisotopic (exact) mass is 505 g/mol. The summed E-state index contributed by atoms with van der Waals surface area (Å²) < 4.78 is 56.4. The fourth-order valence-corrected chi connectivity index (χ4v) is 5.57. The summed E-state index contributed by atoms with van der Waals surface area (Å²) in [5.74, 6) is 0.600. The number of anilines is 1. The molecule has 0 atom stereocenters. The molecule has 6 rings (SSSR count). The Morgan fingerprint density at radius 3 is 2.40 bits per heavy atom. The van der Waals surface area contributed by atoms with Gasteiger partial charge in [-0.3, -0.25) is 9.47 Å². The summed E-state index contributed by atoms with van der Waals surface area (Å²) in [6, 6.07) is 9.91. The lowest BCUT2D eigenvalue weighted by molar-refractivity contribution is -0.139. The van der Waals surface area contributed by atoms with Crippen molar-refractivity contribution >= 4 is 17.3 Å². The smallest absolute Gasteiger partial charge is 0.369 e. The molecule has 184 valence electrons. The van der Waals surface area contributed by atoms with Gasteiger partial charge in [0.2, 0.25) is 0 Å². The van der Waals surface area contributed by atoms with E-state index in [2.05, 4.69) is 19.7 Å². The van der Waals surface area contributed by atoms with E-state index in [-0.39, 0.29) is 11.6 Å². The molecule has 1 saturated heterocycles. The third kappa shape index (κ3) is 4.18. The predicted octanol–water partition coefficient (Wildman–Crippen LogP) is 5.94. The number of alkyl halides is 3. The molecular weight excluding hydrogens is 482 g/mol. The van der Waals surface area contributed by atoms with Gasteiger partial charge in [-0.2, -0.15) is 13.2 Å². The van der Waals surface area contributed by atoms with E-state index in [1.165, 1.54) is 25.0 Å². The second kappa shape index (κ2) is 8.48. The van der Waals surface area contributed by atoms with Gasteiger partial charge < -0.3 is 4.90 Å². The Kier molecular flexibility index (Phi) is 5.52. The number of nitrogens with zero attached hydrogens (tertiary/aromatic N) is 5. The average Bonchev–Trinajstić information content (AvgIpc) is 3.61. The van der Waals surface area contributed by atoms with Gasteiger partial charge >= 0.3 is 6.18 Å². The molecule has 5 nitrogen and oxygen atoms in total. The highest BCUT2D eigenvalue weighted by atomic mass is 35.5. The van der Waals surface area contributed by atoms with Crippen molar-refractivity contribution in [2.24, 2.45) is 0 Å². The lowest BCUT2D eigenvalue weighted by Gasteiger charge is -2.34. The molecule has 35 heavy (non-hydrogen) atoms. The zero-order chi connectivity index (χ0) is 24.3. The lowest BCUT2D eigenvalue weighted by atomic mass is 9.95. The molecule has 0 spiro atoms. The van der Waals surface area contributed by atoms with Crippen molar-refractivity contribution in [3.05, 3.63) is 70.0 Å². The van der Waals surface area contributed by atoms with Crippen LogP contribution in [0.1, 0.15) is 54.4 Å². The van der Waals surface area contributed by atoms with Crippen molar-refractivity contribution in [1.82, 2.24) is 19.7 Å². The molecule has 0 bridgehead atoms. The van der Waals surface area contributed by atoms with Crippen molar-refractivity contribution in [2.75, 3.05) is 18.0 Å². The molecule has 0 N–H and O–H groups in total. The SMILES string of the molecule is Fc1c(N2CCC(c3nnc4n3-c3ccc(Cl)cc3CN(C3CC3)C4)CC2)cccc1C(F)(F)F. The van der Waals surface area contributed by atoms with Crippen LogP contribution in [-0.2, 0) is 19.3 Å². The van der Waals surface area contributed by atoms with Gasteiger partial charge in [0.15, 0.2) is 11.6 Å². The van der Waals surface area contributed by atoms with Gasteiger partial charge in [0, 0.05) is 36.6 Å². The van der Waals surface area contributed by atoms with E-state index in [0.717, 1.165) is 35.5 Å². The molecule has 0 unspecified atom stereocenters. The number of halogens is 5. The minimum Gasteiger partial charge on any atom is -0.369 e. The van der Waals surface area contributed by atoms with Gasteiger partial charge in [-0.1, -0.05) is 17.7 Å². The van der Waals surface area contributed by atoms with Crippen LogP contribution < -0.4 is 4.90 Å². The van der Waals surface area contributed by atoms with Gasteiger partial charge in [-0.05, 0) is 61.6 Å². The second-order valence-corrected chi connectivity index (χ2v) is 10.1. The van der Waals surface area contributed by atoms with Crippen LogP contribution >= 0.6 is 11.6 Å². The van der Waals surface area contributed by atoms with Gasteiger partial charge in [0.25, 0.3) is 0 Å². The Morgan fingerprint density at radius 1 is 0.914 bits per heavy atom. The minimum absolute atomic E-state index is 0.00147. The molecule has 1 saturated carbocycles. The highest BCUT2D eigenvalue weighted by Crippen LogP contribution is 2.39. The number of hydrogen-bond acceptors (Lipinski definition) is 4. The maximum Gasteiger partial charge on any atom is 0.419 e. The summed E-state index contributed by atoms with van der Waals surface area (Å²) in [5, 5.41) is 9.80. The van der Waals surface area contributed by atoms with Crippen molar-refractivity contribution in [3.63, 3.8) is 0 Å². The van der Waals surface area contributed by atoms with Crippen LogP contribution in [0.25, 0.3) is 5.69 Å². The number of piperidine rings is 1. The van der Waals surface area contributed by atoms with Gasteiger partial charge in [-0.25, -0.2) is 4.39 Å². The minimum atomic E-state index is -4.72. The van der Waals surface area contributed by atoms with Gasteiger partial charge in [0.05, 0.1) is 23.5 Å². The van der Waals surface area contributed by atoms with E-state index >= 15 is 0 Å². The molecular formula is C25H24ClF4N5. The lowest BCUT2D eigenvalue weighted by Crippen LogP contribution is -2.34. The number of benzene rings is 2. The molecule has 0 amide bonds. The Morgan fingerprint density at radius 2 is 1.69 bits per heavy atom. The van der Waals surface area contributed by atoms with E-state index in [1.54, 1.807) is 4.90 Å². The zero-order valence-corrected chi connectivity index (χ0v) is 19.7. The van der Waals surface area contributed by atoms with Crippen LogP contribution in [0.3, 0.4) is 0 Å². The first-order chi connectivity index (χ1) is 16.8. The van der Waals surface area contributed by atoms with E-state index in [4.69, 9.17) is 11.6 Å². The van der Waals surface area contributed by atoms with Crippen molar-refractivity contribution < 1.29 is 17.6 Å². The quantitative estimate of drug-likeness (QED) is 0.413. The summed E-state index contributed by atoms with van der Waals surface area (Å²) in [6.45, 7) is 2.38. The highest BCUT2D eigenvalue weighted by molar-refractivity contribution is 6.30. The first-order valence-electron chi connectivity index (χ1n) is 11.9. The molecule has 1 aromatic heterocycles. The van der Waals surface area contributed by atoms with E-state index in [9.17, 15) is 17.6 Å². The Hall–Kier alpha value is -2.65. The van der Waals surface area contributed by atoms with Crippen LogP contribution in [0.2, 0.25) is 5.02 Å². The summed E-state index contributed by atoms with van der Waals surface area (Å²) in [6.07, 6.45) is -1.07. The van der Waals surface area contributed by atoms with E-state index in [0.29, 0.717) is 43.5 Å². The molecule has 2 aromatic carbocycles. The van der Waals surface area contributed by atoms with Crippen LogP contribution in [0, 0.1) is 5.82 Å². The fourth-order valence-electron chi connectivity index (χ4n) is 5.37. The van der Waals surface area contributed by atoms with E-state index < -0.39 is 17.6 Å². The standard InChI is InChI=1S/C25H24ClF4N5/c26-17-4-7-20-16(12-17)13-34(18-5-6-18)14-22-31-32-24(35(20)22)15-8-10-33(11-9-15)21-3-1-2-19(23(21)27)25(28,29)30/h1-4,7,12,15,18H,5-6,8-11,13-14H2. The van der Waals surface area contributed by atoms with Crippen molar-refractivity contribution in [1.29, 1.82) is 0 Å². The van der Waals surface area contributed by atoms with Gasteiger partial charge in [0.1, 0.15) is 5.82 Å². The fraction of sp³-hybridized carbons (Fsp3) is 0.440. The molecule has 3 aromatic rings. The maximum atomic E-state index is 14.7. The third-order valence-electron chi connectivity index (χ3n) is 7.30. The number of aromatic nitrogens is 3. The van der Waals surface area contributed by atoms with Crippen LogP contribution in [0.5, 0.6) is 0 Å². The number of hydrogen-bond donors (Lipinski definition) is 0. The first-order valence-corrected chi connectivity index (χ1v) is 12.2. The predicted molar refractivity (Wildman–Crippen MR) is 124 cm³/mol. The summed E-state index contributed by atoms with van der Waals surface area (Å²) in [7, 11) is 0. The number of rotatable bonds is 3. The molecule has 1 aliphatic carbocycles. The Labute approximate surface area is 205 Å². The molecule has 0 radical (unpaired) electrons. The molecule has 2 fully saturated rings. The summed E-state index contributed by atoms with van der Waals surface area (Å²) in [4.78, 5) is 4.12. The summed E-state index contributed by atoms with van der Waals surface area (Å²) in [5.41, 5.74) is 0.931. The van der Waals surface area contributed by atoms with Crippen LogP contribution in [-0.4, -0.2) is 38.8 Å². The zero-order valence-electron chi connectivity index (χ0n) is 18.9. The second-order valence-electron chi connectivity index (χ2n) is 9.62. The third-order valence-corrected chi connectivity index (χ3v) is 7.54. The maximum absolute atomic E-state index is 14.7. The summed E-state index contributed by atoms with van der Waals surface area (Å²) >= 11 is 6.32. The van der Waals surface area contributed by atoms with Gasteiger partial charge in [-0.15, -0.1) is 10.2 Å². The topological polar surface area (TPSA) is 37.2 Å².